The Hall–Kier alpha value is -1.88. The van der Waals surface area contributed by atoms with Crippen molar-refractivity contribution in [2.45, 2.75) is 6.42 Å². The lowest BCUT2D eigenvalue weighted by Gasteiger charge is -2.00. The number of benzene rings is 1. The van der Waals surface area contributed by atoms with Crippen molar-refractivity contribution in [2.24, 2.45) is 7.05 Å². The molecule has 0 aliphatic heterocycles. The largest absolute Gasteiger partial charge is 0.355 e. The summed E-state index contributed by atoms with van der Waals surface area (Å²) in [5.74, 6) is 0.618. The number of imidazole rings is 1. The summed E-state index contributed by atoms with van der Waals surface area (Å²) >= 11 is 0. The minimum atomic E-state index is -0.181. The lowest BCUT2D eigenvalue weighted by molar-refractivity contribution is 0.0963. The van der Waals surface area contributed by atoms with Gasteiger partial charge in [-0.15, -0.1) is 0 Å². The van der Waals surface area contributed by atoms with Gasteiger partial charge in [0.25, 0.3) is 5.91 Å². The van der Waals surface area contributed by atoms with Crippen LogP contribution in [0.5, 0.6) is 0 Å². The molecular formula is C12H14N3O2. The van der Waals surface area contributed by atoms with Gasteiger partial charge in [0, 0.05) is 26.1 Å². The number of fused-ring (bicyclic) bond motifs is 1. The van der Waals surface area contributed by atoms with E-state index >= 15 is 0 Å². The molecular weight excluding hydrogens is 218 g/mol. The normalized spacial score (nSPS) is 10.8. The molecule has 89 valence electrons. The van der Waals surface area contributed by atoms with Gasteiger partial charge in [-0.1, -0.05) is 0 Å². The standard InChI is InChI=1S/C12H14N3O2/c1-13-12(17)8-3-4-10-9(7-8)14-11(5-6-16)15(10)2/h3-4,7H,5-6H2,1-2H3,(H,13,17). The first-order valence-corrected chi connectivity index (χ1v) is 5.43. The van der Waals surface area contributed by atoms with E-state index in [0.29, 0.717) is 12.0 Å². The molecule has 1 N–H and O–H groups in total. The van der Waals surface area contributed by atoms with Gasteiger partial charge < -0.3 is 9.88 Å². The smallest absolute Gasteiger partial charge is 0.251 e. The van der Waals surface area contributed by atoms with Crippen LogP contribution in [-0.2, 0) is 18.6 Å². The van der Waals surface area contributed by atoms with E-state index in [4.69, 9.17) is 0 Å². The Labute approximate surface area is 99.1 Å². The maximum absolute atomic E-state index is 11.5. The van der Waals surface area contributed by atoms with Gasteiger partial charge in [0.15, 0.2) is 0 Å². The quantitative estimate of drug-likeness (QED) is 0.854. The fraction of sp³-hybridized carbons (Fsp3) is 0.333. The molecule has 1 aromatic heterocycles. The molecule has 0 aliphatic rings. The van der Waals surface area contributed by atoms with E-state index in [1.807, 2.05) is 17.7 Å². The number of amides is 1. The van der Waals surface area contributed by atoms with E-state index in [2.05, 4.69) is 10.3 Å². The van der Waals surface area contributed by atoms with Crippen molar-refractivity contribution in [1.29, 1.82) is 0 Å². The third kappa shape index (κ3) is 2.01. The molecule has 1 heterocycles. The van der Waals surface area contributed by atoms with Crippen LogP contribution in [0, 0.1) is 0 Å². The third-order valence-electron chi connectivity index (χ3n) is 2.79. The highest BCUT2D eigenvalue weighted by atomic mass is 16.3. The van der Waals surface area contributed by atoms with Crippen LogP contribution in [0.25, 0.3) is 11.0 Å². The molecule has 1 aromatic carbocycles. The summed E-state index contributed by atoms with van der Waals surface area (Å²) in [7, 11) is 3.47. The summed E-state index contributed by atoms with van der Waals surface area (Å²) in [5.41, 5.74) is 2.25. The number of hydrogen-bond donors (Lipinski definition) is 1. The van der Waals surface area contributed by atoms with E-state index < -0.39 is 0 Å². The lowest BCUT2D eigenvalue weighted by atomic mass is 10.2. The molecule has 0 atom stereocenters. The molecule has 2 aromatic rings. The van der Waals surface area contributed by atoms with Crippen molar-refractivity contribution in [3.05, 3.63) is 29.6 Å². The molecule has 1 radical (unpaired) electrons. The predicted octanol–water partition coefficient (Wildman–Crippen LogP) is 0.906. The molecule has 0 saturated heterocycles. The fourth-order valence-electron chi connectivity index (χ4n) is 1.85. The van der Waals surface area contributed by atoms with Crippen molar-refractivity contribution in [3.8, 4) is 0 Å². The van der Waals surface area contributed by atoms with Gasteiger partial charge in [-0.3, -0.25) is 4.79 Å². The molecule has 0 spiro atoms. The summed E-state index contributed by atoms with van der Waals surface area (Å²) in [5, 5.41) is 13.2. The zero-order chi connectivity index (χ0) is 12.4. The number of rotatable bonds is 3. The number of carbonyl (C=O) groups is 1. The highest BCUT2D eigenvalue weighted by Crippen LogP contribution is 2.17. The summed E-state index contributed by atoms with van der Waals surface area (Å²) in [6, 6.07) is 5.34. The van der Waals surface area contributed by atoms with E-state index in [-0.39, 0.29) is 12.5 Å². The molecule has 17 heavy (non-hydrogen) atoms. The Morgan fingerprint density at radius 1 is 1.47 bits per heavy atom. The number of carbonyl (C=O) groups excluding carboxylic acids is 1. The molecule has 1 amide bonds. The Balaban J connectivity index is 2.51. The summed E-state index contributed by atoms with van der Waals surface area (Å²) < 4.78 is 1.89. The highest BCUT2D eigenvalue weighted by molar-refractivity contribution is 5.97. The molecule has 0 bridgehead atoms. The van der Waals surface area contributed by atoms with Gasteiger partial charge in [-0.05, 0) is 18.2 Å². The summed E-state index contributed by atoms with van der Waals surface area (Å²) in [4.78, 5) is 15.8. The van der Waals surface area contributed by atoms with Gasteiger partial charge in [-0.25, -0.2) is 10.1 Å². The molecule has 2 rings (SSSR count). The van der Waals surface area contributed by atoms with Gasteiger partial charge in [0.05, 0.1) is 17.6 Å². The van der Waals surface area contributed by atoms with Crippen LogP contribution in [0.15, 0.2) is 18.2 Å². The maximum atomic E-state index is 11.5. The second kappa shape index (κ2) is 4.55. The summed E-state index contributed by atoms with van der Waals surface area (Å²) in [6.07, 6.45) is 0.403. The number of nitrogens with zero attached hydrogens (tertiary/aromatic N) is 2. The highest BCUT2D eigenvalue weighted by Gasteiger charge is 2.10. The first-order chi connectivity index (χ1) is 8.17. The van der Waals surface area contributed by atoms with Gasteiger partial charge in [0.2, 0.25) is 0 Å². The van der Waals surface area contributed by atoms with Crippen LogP contribution < -0.4 is 5.32 Å². The Morgan fingerprint density at radius 2 is 2.24 bits per heavy atom. The number of nitrogens with one attached hydrogen (secondary N) is 1. The van der Waals surface area contributed by atoms with Crippen molar-refractivity contribution in [3.63, 3.8) is 0 Å². The molecule has 0 unspecified atom stereocenters. The van der Waals surface area contributed by atoms with Crippen LogP contribution >= 0.6 is 0 Å². The Bertz CT molecular complexity index is 560. The molecule has 5 heteroatoms. The second-order valence-corrected chi connectivity index (χ2v) is 3.82. The minimum Gasteiger partial charge on any atom is -0.355 e. The monoisotopic (exact) mass is 232 g/mol. The van der Waals surface area contributed by atoms with Crippen LogP contribution in [0.1, 0.15) is 16.2 Å². The van der Waals surface area contributed by atoms with Crippen LogP contribution in [0.3, 0.4) is 0 Å². The SMILES string of the molecule is CNC(=O)c1ccc2c(c1)nc(CC[O])n2C. The van der Waals surface area contributed by atoms with Crippen LogP contribution in [-0.4, -0.2) is 29.1 Å². The van der Waals surface area contributed by atoms with E-state index in [1.54, 1.807) is 19.2 Å². The molecule has 0 saturated carbocycles. The van der Waals surface area contributed by atoms with E-state index in [1.165, 1.54) is 0 Å². The topological polar surface area (TPSA) is 66.8 Å². The molecule has 0 fully saturated rings. The van der Waals surface area contributed by atoms with Crippen molar-refractivity contribution < 1.29 is 9.90 Å². The first-order valence-electron chi connectivity index (χ1n) is 5.43. The second-order valence-electron chi connectivity index (χ2n) is 3.82. The van der Waals surface area contributed by atoms with Crippen LogP contribution in [0.2, 0.25) is 0 Å². The number of hydrogen-bond acceptors (Lipinski definition) is 2. The zero-order valence-corrected chi connectivity index (χ0v) is 9.86. The van der Waals surface area contributed by atoms with Gasteiger partial charge in [0.1, 0.15) is 5.82 Å². The van der Waals surface area contributed by atoms with E-state index in [9.17, 15) is 9.90 Å². The Morgan fingerprint density at radius 3 is 2.88 bits per heavy atom. The average Bonchev–Trinajstić information content (AvgIpc) is 2.65. The Kier molecular flexibility index (Phi) is 3.10. The number of aromatic nitrogens is 2. The van der Waals surface area contributed by atoms with Gasteiger partial charge in [-0.2, -0.15) is 0 Å². The number of aryl methyl sites for hydroxylation is 1. The zero-order valence-electron chi connectivity index (χ0n) is 9.86. The third-order valence-corrected chi connectivity index (χ3v) is 2.79. The molecule has 5 nitrogen and oxygen atoms in total. The van der Waals surface area contributed by atoms with Crippen molar-refractivity contribution in [2.75, 3.05) is 13.7 Å². The lowest BCUT2D eigenvalue weighted by Crippen LogP contribution is -2.17. The average molecular weight is 232 g/mol. The van der Waals surface area contributed by atoms with Gasteiger partial charge >= 0.3 is 0 Å². The van der Waals surface area contributed by atoms with Crippen molar-refractivity contribution >= 4 is 16.9 Å². The van der Waals surface area contributed by atoms with E-state index in [0.717, 1.165) is 16.9 Å². The molecule has 0 aliphatic carbocycles. The van der Waals surface area contributed by atoms with Crippen molar-refractivity contribution in [1.82, 2.24) is 14.9 Å². The van der Waals surface area contributed by atoms with Crippen LogP contribution in [0.4, 0.5) is 0 Å². The maximum Gasteiger partial charge on any atom is 0.251 e. The predicted molar refractivity (Wildman–Crippen MR) is 63.4 cm³/mol. The fourth-order valence-corrected chi connectivity index (χ4v) is 1.85. The summed E-state index contributed by atoms with van der Waals surface area (Å²) in [6.45, 7) is -0.181. The first kappa shape index (κ1) is 11.6. The minimum absolute atomic E-state index is 0.136.